The van der Waals surface area contributed by atoms with Crippen LogP contribution in [0.15, 0.2) is 83.8 Å². The van der Waals surface area contributed by atoms with E-state index in [0.717, 1.165) is 5.56 Å². The zero-order chi connectivity index (χ0) is 27.4. The molecule has 1 heterocycles. The van der Waals surface area contributed by atoms with E-state index in [-0.39, 0.29) is 22.9 Å². The van der Waals surface area contributed by atoms with Crippen LogP contribution >= 0.6 is 0 Å². The highest BCUT2D eigenvalue weighted by Gasteiger charge is 2.22. The second-order valence-corrected chi connectivity index (χ2v) is 9.98. The number of carbonyl (C=O) groups is 1. The molecule has 5 rings (SSSR count). The summed E-state index contributed by atoms with van der Waals surface area (Å²) in [5.74, 6) is 2.40. The normalized spacial score (nSPS) is 12.7. The fraction of sp³-hybridized carbons (Fsp3) is 0.258. The standard InChI is InChI=1S/C31H32N4O4/c1-20(2)23-5-4-6-27(17-23)39-28-19-33-35(25-13-15-26(38-3)16-14-25)31(37)29(28)34-24-11-9-22(10-12-24)30(36)32-18-21-7-8-21/h4-6,9-17,19-21,34H,7-8,18H2,1-3H3,(H,32,36). The second kappa shape index (κ2) is 11.4. The van der Waals surface area contributed by atoms with Crippen molar-refractivity contribution >= 4 is 17.3 Å². The van der Waals surface area contributed by atoms with Gasteiger partial charge >= 0.3 is 0 Å². The molecule has 0 aliphatic heterocycles. The number of nitrogens with zero attached hydrogens (tertiary/aromatic N) is 2. The molecule has 0 radical (unpaired) electrons. The third-order valence-corrected chi connectivity index (χ3v) is 6.68. The molecule has 1 aliphatic rings. The van der Waals surface area contributed by atoms with Crippen LogP contribution < -0.4 is 25.7 Å². The minimum atomic E-state index is -0.385. The minimum Gasteiger partial charge on any atom is -0.497 e. The molecule has 0 spiro atoms. The van der Waals surface area contributed by atoms with Gasteiger partial charge in [0.2, 0.25) is 0 Å². The van der Waals surface area contributed by atoms with E-state index in [4.69, 9.17) is 9.47 Å². The molecule has 0 bridgehead atoms. The summed E-state index contributed by atoms with van der Waals surface area (Å²) in [5.41, 5.74) is 2.75. The number of methoxy groups -OCH3 is 1. The predicted molar refractivity (Wildman–Crippen MR) is 152 cm³/mol. The smallest absolute Gasteiger partial charge is 0.299 e. The van der Waals surface area contributed by atoms with Crippen LogP contribution in [-0.4, -0.2) is 29.3 Å². The van der Waals surface area contributed by atoms with Gasteiger partial charge in [-0.25, -0.2) is 0 Å². The van der Waals surface area contributed by atoms with Crippen LogP contribution in [-0.2, 0) is 0 Å². The van der Waals surface area contributed by atoms with Gasteiger partial charge in [-0.3, -0.25) is 9.59 Å². The van der Waals surface area contributed by atoms with Crippen molar-refractivity contribution in [1.29, 1.82) is 0 Å². The highest BCUT2D eigenvalue weighted by atomic mass is 16.5. The van der Waals surface area contributed by atoms with Crippen molar-refractivity contribution in [1.82, 2.24) is 15.1 Å². The molecule has 1 saturated carbocycles. The van der Waals surface area contributed by atoms with E-state index in [1.54, 1.807) is 55.6 Å². The number of aromatic nitrogens is 2. The maximum atomic E-state index is 13.7. The number of nitrogens with one attached hydrogen (secondary N) is 2. The van der Waals surface area contributed by atoms with Gasteiger partial charge in [-0.05, 0) is 90.9 Å². The highest BCUT2D eigenvalue weighted by Crippen LogP contribution is 2.31. The predicted octanol–water partition coefficient (Wildman–Crippen LogP) is 6.04. The molecule has 200 valence electrons. The summed E-state index contributed by atoms with van der Waals surface area (Å²) in [6.07, 6.45) is 3.88. The summed E-state index contributed by atoms with van der Waals surface area (Å²) in [6, 6.07) is 21.8. The first-order valence-corrected chi connectivity index (χ1v) is 13.1. The highest BCUT2D eigenvalue weighted by molar-refractivity contribution is 5.94. The van der Waals surface area contributed by atoms with Gasteiger partial charge in [0.1, 0.15) is 11.5 Å². The number of benzene rings is 3. The number of ether oxygens (including phenoxy) is 2. The number of hydrogen-bond acceptors (Lipinski definition) is 6. The molecule has 8 heteroatoms. The van der Waals surface area contributed by atoms with Crippen LogP contribution in [0.2, 0.25) is 0 Å². The number of hydrogen-bond donors (Lipinski definition) is 2. The van der Waals surface area contributed by atoms with Crippen molar-refractivity contribution in [3.05, 3.63) is 100 Å². The zero-order valence-electron chi connectivity index (χ0n) is 22.3. The van der Waals surface area contributed by atoms with Gasteiger partial charge < -0.3 is 20.1 Å². The largest absolute Gasteiger partial charge is 0.497 e. The molecular formula is C31H32N4O4. The fourth-order valence-electron chi connectivity index (χ4n) is 4.11. The average molecular weight is 525 g/mol. The topological polar surface area (TPSA) is 94.5 Å². The first kappa shape index (κ1) is 26.0. The molecule has 0 saturated heterocycles. The molecule has 1 fully saturated rings. The average Bonchev–Trinajstić information content (AvgIpc) is 3.79. The lowest BCUT2D eigenvalue weighted by atomic mass is 10.0. The Kier molecular flexibility index (Phi) is 7.63. The minimum absolute atomic E-state index is 0.103. The maximum Gasteiger partial charge on any atom is 0.299 e. The van der Waals surface area contributed by atoms with Crippen molar-refractivity contribution in [2.45, 2.75) is 32.6 Å². The summed E-state index contributed by atoms with van der Waals surface area (Å²) >= 11 is 0. The van der Waals surface area contributed by atoms with Crippen molar-refractivity contribution in [3.63, 3.8) is 0 Å². The van der Waals surface area contributed by atoms with Crippen molar-refractivity contribution in [2.75, 3.05) is 19.0 Å². The molecule has 1 aromatic heterocycles. The molecule has 1 amide bonds. The molecular weight excluding hydrogens is 492 g/mol. The number of anilines is 2. The van der Waals surface area contributed by atoms with Crippen molar-refractivity contribution in [2.24, 2.45) is 5.92 Å². The summed E-state index contributed by atoms with van der Waals surface area (Å²) in [7, 11) is 1.59. The summed E-state index contributed by atoms with van der Waals surface area (Å²) < 4.78 is 12.7. The van der Waals surface area contributed by atoms with E-state index >= 15 is 0 Å². The molecule has 39 heavy (non-hydrogen) atoms. The SMILES string of the molecule is COc1ccc(-n2ncc(Oc3cccc(C(C)C)c3)c(Nc3ccc(C(=O)NCC4CC4)cc3)c2=O)cc1. The van der Waals surface area contributed by atoms with Gasteiger partial charge in [-0.15, -0.1) is 0 Å². The first-order valence-electron chi connectivity index (χ1n) is 13.1. The molecule has 3 aromatic carbocycles. The molecule has 0 unspecified atom stereocenters. The van der Waals surface area contributed by atoms with E-state index in [0.29, 0.717) is 46.8 Å². The Morgan fingerprint density at radius 3 is 2.44 bits per heavy atom. The molecule has 2 N–H and O–H groups in total. The van der Waals surface area contributed by atoms with Gasteiger partial charge in [0.05, 0.1) is 19.0 Å². The van der Waals surface area contributed by atoms with Crippen LogP contribution in [0.5, 0.6) is 17.2 Å². The van der Waals surface area contributed by atoms with Crippen molar-refractivity contribution < 1.29 is 14.3 Å². The summed E-state index contributed by atoms with van der Waals surface area (Å²) in [4.78, 5) is 26.2. The summed E-state index contributed by atoms with van der Waals surface area (Å²) in [5, 5.41) is 10.6. The van der Waals surface area contributed by atoms with E-state index in [1.807, 2.05) is 24.3 Å². The molecule has 8 nitrogen and oxygen atoms in total. The Labute approximate surface area is 227 Å². The van der Waals surface area contributed by atoms with E-state index in [9.17, 15) is 9.59 Å². The van der Waals surface area contributed by atoms with Crippen LogP contribution in [0.25, 0.3) is 5.69 Å². The Balaban J connectivity index is 1.46. The molecule has 1 aliphatic carbocycles. The van der Waals surface area contributed by atoms with E-state index in [2.05, 4.69) is 29.6 Å². The maximum absolute atomic E-state index is 13.7. The van der Waals surface area contributed by atoms with Crippen molar-refractivity contribution in [3.8, 4) is 22.9 Å². The Hall–Kier alpha value is -4.59. The lowest BCUT2D eigenvalue weighted by Crippen LogP contribution is -2.25. The van der Waals surface area contributed by atoms with Crippen LogP contribution in [0.1, 0.15) is 48.5 Å². The number of rotatable bonds is 10. The third kappa shape index (κ3) is 6.29. The number of carbonyl (C=O) groups excluding carboxylic acids is 1. The van der Waals surface area contributed by atoms with Gasteiger partial charge in [0, 0.05) is 17.8 Å². The fourth-order valence-corrected chi connectivity index (χ4v) is 4.11. The van der Waals surface area contributed by atoms with Gasteiger partial charge in [-0.1, -0.05) is 26.0 Å². The van der Waals surface area contributed by atoms with Gasteiger partial charge in [0.25, 0.3) is 11.5 Å². The van der Waals surface area contributed by atoms with E-state index in [1.165, 1.54) is 23.7 Å². The third-order valence-electron chi connectivity index (χ3n) is 6.68. The Morgan fingerprint density at radius 1 is 1.03 bits per heavy atom. The number of amides is 1. The molecule has 4 aromatic rings. The first-order chi connectivity index (χ1) is 18.9. The van der Waals surface area contributed by atoms with Crippen LogP contribution in [0.4, 0.5) is 11.4 Å². The van der Waals surface area contributed by atoms with Gasteiger partial charge in [-0.2, -0.15) is 9.78 Å². The van der Waals surface area contributed by atoms with Gasteiger partial charge in [0.15, 0.2) is 11.4 Å². The second-order valence-electron chi connectivity index (χ2n) is 9.98. The zero-order valence-corrected chi connectivity index (χ0v) is 22.3. The lowest BCUT2D eigenvalue weighted by molar-refractivity contribution is 0.0952. The molecule has 0 atom stereocenters. The van der Waals surface area contributed by atoms with Crippen LogP contribution in [0.3, 0.4) is 0 Å². The van der Waals surface area contributed by atoms with E-state index < -0.39 is 0 Å². The lowest BCUT2D eigenvalue weighted by Gasteiger charge is -2.16. The monoisotopic (exact) mass is 524 g/mol. The Bertz CT molecular complexity index is 1510. The quantitative estimate of drug-likeness (QED) is 0.263. The van der Waals surface area contributed by atoms with Crippen LogP contribution in [0, 0.1) is 5.92 Å². The summed E-state index contributed by atoms with van der Waals surface area (Å²) in [6.45, 7) is 4.93. The Morgan fingerprint density at radius 2 is 1.77 bits per heavy atom.